The first kappa shape index (κ1) is 14.6. The number of hydrogen-bond donors (Lipinski definition) is 1. The monoisotopic (exact) mass is 272 g/mol. The summed E-state index contributed by atoms with van der Waals surface area (Å²) in [7, 11) is 1.97. The zero-order valence-electron chi connectivity index (χ0n) is 13.5. The Kier molecular flexibility index (Phi) is 3.84. The van der Waals surface area contributed by atoms with E-state index in [9.17, 15) is 0 Å². The Labute approximate surface area is 121 Å². The zero-order chi connectivity index (χ0) is 15.0. The highest BCUT2D eigenvalue weighted by Gasteiger charge is 2.16. The molecule has 0 aliphatic heterocycles. The minimum absolute atomic E-state index is 0.213. The van der Waals surface area contributed by atoms with E-state index in [1.54, 1.807) is 0 Å². The largest absolute Gasteiger partial charge is 0.375 e. The minimum Gasteiger partial charge on any atom is -0.375 e. The van der Waals surface area contributed by atoms with E-state index >= 15 is 0 Å². The molecule has 0 aromatic carbocycles. The average molecular weight is 272 g/mol. The molecule has 108 valence electrons. The van der Waals surface area contributed by atoms with Crippen molar-refractivity contribution >= 4 is 5.69 Å². The molecule has 1 atom stereocenters. The van der Waals surface area contributed by atoms with Gasteiger partial charge in [-0.1, -0.05) is 0 Å². The van der Waals surface area contributed by atoms with Gasteiger partial charge in [-0.05, 0) is 58.7 Å². The van der Waals surface area contributed by atoms with E-state index in [0.717, 1.165) is 28.5 Å². The molecule has 20 heavy (non-hydrogen) atoms. The lowest BCUT2D eigenvalue weighted by atomic mass is 10.00. The molecule has 1 unspecified atom stereocenters. The Morgan fingerprint density at radius 2 is 1.75 bits per heavy atom. The van der Waals surface area contributed by atoms with Crippen molar-refractivity contribution in [1.29, 1.82) is 0 Å². The standard InChI is InChI=1S/C16H24N4/c1-9-8-10(2)17-11(3)15(9)12(4)18-16-13(5)19-20(7)14(16)6/h8,12,18H,1-7H3. The van der Waals surface area contributed by atoms with Gasteiger partial charge in [-0.15, -0.1) is 0 Å². The molecule has 0 fully saturated rings. The van der Waals surface area contributed by atoms with Crippen LogP contribution >= 0.6 is 0 Å². The third-order valence-corrected chi connectivity index (χ3v) is 3.89. The second-order valence-corrected chi connectivity index (χ2v) is 5.62. The van der Waals surface area contributed by atoms with Crippen molar-refractivity contribution in [1.82, 2.24) is 14.8 Å². The second-order valence-electron chi connectivity index (χ2n) is 5.62. The van der Waals surface area contributed by atoms with Gasteiger partial charge in [-0.25, -0.2) is 0 Å². The lowest BCUT2D eigenvalue weighted by Gasteiger charge is -2.20. The normalized spacial score (nSPS) is 12.6. The first-order chi connectivity index (χ1) is 9.31. The smallest absolute Gasteiger partial charge is 0.0828 e. The maximum Gasteiger partial charge on any atom is 0.0828 e. The summed E-state index contributed by atoms with van der Waals surface area (Å²) in [5.41, 5.74) is 8.05. The van der Waals surface area contributed by atoms with Crippen LogP contribution in [-0.4, -0.2) is 14.8 Å². The molecule has 0 radical (unpaired) electrons. The Balaban J connectivity index is 2.36. The molecule has 0 saturated heterocycles. The highest BCUT2D eigenvalue weighted by Crippen LogP contribution is 2.28. The number of aryl methyl sites for hydroxylation is 5. The van der Waals surface area contributed by atoms with Gasteiger partial charge in [0.15, 0.2) is 0 Å². The van der Waals surface area contributed by atoms with Gasteiger partial charge < -0.3 is 5.32 Å². The Bertz CT molecular complexity index is 617. The first-order valence-corrected chi connectivity index (χ1v) is 7.02. The lowest BCUT2D eigenvalue weighted by molar-refractivity contribution is 0.731. The Hall–Kier alpha value is -1.84. The molecule has 2 rings (SSSR count). The number of pyridine rings is 1. The molecule has 2 aromatic rings. The van der Waals surface area contributed by atoms with Crippen molar-refractivity contribution in [3.63, 3.8) is 0 Å². The SMILES string of the molecule is Cc1cc(C)c(C(C)Nc2c(C)nn(C)c2C)c(C)n1. The van der Waals surface area contributed by atoms with Crippen LogP contribution in [0, 0.1) is 34.6 Å². The van der Waals surface area contributed by atoms with E-state index in [4.69, 9.17) is 0 Å². The number of aromatic nitrogens is 3. The van der Waals surface area contributed by atoms with Gasteiger partial charge in [0.25, 0.3) is 0 Å². The van der Waals surface area contributed by atoms with Crippen LogP contribution in [0.4, 0.5) is 5.69 Å². The van der Waals surface area contributed by atoms with Crippen molar-refractivity contribution in [2.45, 2.75) is 47.6 Å². The Morgan fingerprint density at radius 3 is 2.25 bits per heavy atom. The lowest BCUT2D eigenvalue weighted by Crippen LogP contribution is -2.12. The van der Waals surface area contributed by atoms with E-state index in [2.05, 4.69) is 49.2 Å². The highest BCUT2D eigenvalue weighted by molar-refractivity contribution is 5.54. The number of nitrogens with zero attached hydrogens (tertiary/aromatic N) is 3. The van der Waals surface area contributed by atoms with Crippen molar-refractivity contribution in [3.8, 4) is 0 Å². The quantitative estimate of drug-likeness (QED) is 0.929. The van der Waals surface area contributed by atoms with Gasteiger partial charge in [0.2, 0.25) is 0 Å². The van der Waals surface area contributed by atoms with Gasteiger partial charge in [0.1, 0.15) is 0 Å². The van der Waals surface area contributed by atoms with Crippen LogP contribution in [0.2, 0.25) is 0 Å². The number of anilines is 1. The molecule has 0 aliphatic carbocycles. The third-order valence-electron chi connectivity index (χ3n) is 3.89. The fraction of sp³-hybridized carbons (Fsp3) is 0.500. The molecule has 0 bridgehead atoms. The second kappa shape index (κ2) is 5.27. The van der Waals surface area contributed by atoms with Crippen molar-refractivity contribution < 1.29 is 0 Å². The van der Waals surface area contributed by atoms with Crippen LogP contribution in [0.25, 0.3) is 0 Å². The summed E-state index contributed by atoms with van der Waals surface area (Å²) in [6.45, 7) is 12.6. The van der Waals surface area contributed by atoms with Crippen LogP contribution in [0.5, 0.6) is 0 Å². The fourth-order valence-corrected chi connectivity index (χ4v) is 2.96. The summed E-state index contributed by atoms with van der Waals surface area (Å²) in [4.78, 5) is 4.59. The van der Waals surface area contributed by atoms with Crippen LogP contribution in [0.3, 0.4) is 0 Å². The number of nitrogens with one attached hydrogen (secondary N) is 1. The first-order valence-electron chi connectivity index (χ1n) is 7.02. The molecule has 2 heterocycles. The van der Waals surface area contributed by atoms with E-state index in [-0.39, 0.29) is 6.04 Å². The predicted molar refractivity (Wildman–Crippen MR) is 83.2 cm³/mol. The van der Waals surface area contributed by atoms with E-state index in [1.165, 1.54) is 11.1 Å². The van der Waals surface area contributed by atoms with Gasteiger partial charge >= 0.3 is 0 Å². The van der Waals surface area contributed by atoms with E-state index in [0.29, 0.717) is 0 Å². The highest BCUT2D eigenvalue weighted by atomic mass is 15.3. The van der Waals surface area contributed by atoms with Crippen molar-refractivity contribution in [2.75, 3.05) is 5.32 Å². The van der Waals surface area contributed by atoms with Crippen LogP contribution in [-0.2, 0) is 7.05 Å². The molecule has 4 nitrogen and oxygen atoms in total. The van der Waals surface area contributed by atoms with E-state index in [1.807, 2.05) is 25.6 Å². The van der Waals surface area contributed by atoms with Crippen molar-refractivity contribution in [3.05, 3.63) is 40.0 Å². The summed E-state index contributed by atoms with van der Waals surface area (Å²) in [6, 6.07) is 2.36. The maximum atomic E-state index is 4.59. The van der Waals surface area contributed by atoms with Gasteiger partial charge in [0, 0.05) is 18.4 Å². The molecule has 0 amide bonds. The summed E-state index contributed by atoms with van der Waals surface area (Å²) < 4.78 is 1.91. The number of rotatable bonds is 3. The van der Waals surface area contributed by atoms with Gasteiger partial charge in [-0.3, -0.25) is 9.67 Å². The van der Waals surface area contributed by atoms with Gasteiger partial charge in [-0.2, -0.15) is 5.10 Å². The predicted octanol–water partition coefficient (Wildman–Crippen LogP) is 3.53. The summed E-state index contributed by atoms with van der Waals surface area (Å²) in [5, 5.41) is 8.05. The summed E-state index contributed by atoms with van der Waals surface area (Å²) >= 11 is 0. The Morgan fingerprint density at radius 1 is 1.10 bits per heavy atom. The zero-order valence-corrected chi connectivity index (χ0v) is 13.5. The van der Waals surface area contributed by atoms with Crippen molar-refractivity contribution in [2.24, 2.45) is 7.05 Å². The van der Waals surface area contributed by atoms with Crippen LogP contribution in [0.1, 0.15) is 46.9 Å². The van der Waals surface area contributed by atoms with Crippen LogP contribution < -0.4 is 5.32 Å². The topological polar surface area (TPSA) is 42.7 Å². The molecule has 0 saturated carbocycles. The molecular formula is C16H24N4. The molecule has 2 aromatic heterocycles. The summed E-state index contributed by atoms with van der Waals surface area (Å²) in [6.07, 6.45) is 0. The third kappa shape index (κ3) is 2.55. The minimum atomic E-state index is 0.213. The summed E-state index contributed by atoms with van der Waals surface area (Å²) in [5.74, 6) is 0. The molecule has 0 spiro atoms. The average Bonchev–Trinajstić information content (AvgIpc) is 2.54. The molecule has 1 N–H and O–H groups in total. The fourth-order valence-electron chi connectivity index (χ4n) is 2.96. The molecule has 4 heteroatoms. The van der Waals surface area contributed by atoms with Crippen LogP contribution in [0.15, 0.2) is 6.07 Å². The molecular weight excluding hydrogens is 248 g/mol. The van der Waals surface area contributed by atoms with E-state index < -0.39 is 0 Å². The maximum absolute atomic E-state index is 4.59. The molecule has 0 aliphatic rings. The van der Waals surface area contributed by atoms with Gasteiger partial charge in [0.05, 0.1) is 23.1 Å². The number of hydrogen-bond acceptors (Lipinski definition) is 3.